The number of hydrogen-bond acceptors (Lipinski definition) is 4. The van der Waals surface area contributed by atoms with Gasteiger partial charge < -0.3 is 14.2 Å². The van der Waals surface area contributed by atoms with Gasteiger partial charge in [-0.05, 0) is 38.1 Å². The van der Waals surface area contributed by atoms with E-state index in [1.54, 1.807) is 20.2 Å². The molecule has 1 aromatic carbocycles. The average molecular weight is 314 g/mol. The van der Waals surface area contributed by atoms with Crippen LogP contribution in [0.4, 0.5) is 5.69 Å². The van der Waals surface area contributed by atoms with Crippen LogP contribution in [-0.2, 0) is 4.79 Å². The normalized spacial score (nSPS) is 11.1. The molecule has 5 heteroatoms. The van der Waals surface area contributed by atoms with Crippen LogP contribution in [0.5, 0.6) is 0 Å². The summed E-state index contributed by atoms with van der Waals surface area (Å²) in [5.41, 5.74) is 1.49. The lowest BCUT2D eigenvalue weighted by Gasteiger charge is -2.20. The maximum atomic E-state index is 12.1. The van der Waals surface area contributed by atoms with Gasteiger partial charge in [0, 0.05) is 50.4 Å². The molecule has 2 rings (SSSR count). The van der Waals surface area contributed by atoms with E-state index >= 15 is 0 Å². The molecule has 1 heterocycles. The van der Waals surface area contributed by atoms with Gasteiger partial charge in [0.25, 0.3) is 0 Å². The van der Waals surface area contributed by atoms with Crippen LogP contribution < -0.4 is 10.5 Å². The first kappa shape index (κ1) is 16.8. The lowest BCUT2D eigenvalue weighted by molar-refractivity contribution is -0.123. The van der Waals surface area contributed by atoms with Gasteiger partial charge in [0.15, 0.2) is 0 Å². The number of nitrogens with zero attached hydrogens (tertiary/aromatic N) is 2. The van der Waals surface area contributed by atoms with Crippen molar-refractivity contribution < 1.29 is 9.21 Å². The summed E-state index contributed by atoms with van der Waals surface area (Å²) < 4.78 is 5.41. The Kier molecular flexibility index (Phi) is 5.21. The zero-order valence-corrected chi connectivity index (χ0v) is 14.0. The van der Waals surface area contributed by atoms with Crippen LogP contribution in [0.25, 0.3) is 17.0 Å². The van der Waals surface area contributed by atoms with E-state index in [1.165, 1.54) is 17.1 Å². The van der Waals surface area contributed by atoms with Crippen LogP contribution in [0.2, 0.25) is 0 Å². The van der Waals surface area contributed by atoms with Crippen LogP contribution in [0.15, 0.2) is 39.6 Å². The summed E-state index contributed by atoms with van der Waals surface area (Å²) in [6.07, 6.45) is 2.86. The van der Waals surface area contributed by atoms with Crippen LogP contribution in [0, 0.1) is 0 Å². The Morgan fingerprint density at radius 1 is 1.17 bits per heavy atom. The van der Waals surface area contributed by atoms with Crippen molar-refractivity contribution in [1.82, 2.24) is 4.90 Å². The van der Waals surface area contributed by atoms with E-state index in [1.807, 2.05) is 18.2 Å². The fourth-order valence-corrected chi connectivity index (χ4v) is 2.33. The van der Waals surface area contributed by atoms with Crippen molar-refractivity contribution in [3.05, 3.63) is 46.3 Å². The van der Waals surface area contributed by atoms with Gasteiger partial charge in [0.1, 0.15) is 5.58 Å². The SMILES string of the molecule is CCN(CC)c1ccc2cc(/C=C/C(=O)N(C)C)c(=O)oc2c1. The molecule has 0 saturated carbocycles. The van der Waals surface area contributed by atoms with Gasteiger partial charge in [0.2, 0.25) is 5.91 Å². The van der Waals surface area contributed by atoms with Crippen LogP contribution in [0.3, 0.4) is 0 Å². The zero-order valence-electron chi connectivity index (χ0n) is 14.0. The number of rotatable bonds is 5. The molecule has 2 aromatic rings. The fourth-order valence-electron chi connectivity index (χ4n) is 2.33. The Balaban J connectivity index is 2.41. The van der Waals surface area contributed by atoms with E-state index in [2.05, 4.69) is 18.7 Å². The van der Waals surface area contributed by atoms with Crippen molar-refractivity contribution in [2.75, 3.05) is 32.1 Å². The minimum atomic E-state index is -0.447. The summed E-state index contributed by atoms with van der Waals surface area (Å²) in [7, 11) is 3.31. The van der Waals surface area contributed by atoms with E-state index in [4.69, 9.17) is 4.42 Å². The van der Waals surface area contributed by atoms with Gasteiger partial charge in [-0.25, -0.2) is 4.79 Å². The maximum Gasteiger partial charge on any atom is 0.343 e. The maximum absolute atomic E-state index is 12.1. The predicted octanol–water partition coefficient (Wildman–Crippen LogP) is 2.74. The molecule has 0 spiro atoms. The topological polar surface area (TPSA) is 53.8 Å². The molecule has 5 nitrogen and oxygen atoms in total. The van der Waals surface area contributed by atoms with Crippen molar-refractivity contribution in [3.8, 4) is 0 Å². The minimum Gasteiger partial charge on any atom is -0.422 e. The van der Waals surface area contributed by atoms with Crippen LogP contribution >= 0.6 is 0 Å². The molecule has 0 bridgehead atoms. The Morgan fingerprint density at radius 3 is 2.48 bits per heavy atom. The summed E-state index contributed by atoms with van der Waals surface area (Å²) in [4.78, 5) is 27.3. The zero-order chi connectivity index (χ0) is 17.0. The molecular weight excluding hydrogens is 292 g/mol. The highest BCUT2D eigenvalue weighted by atomic mass is 16.4. The molecule has 0 aliphatic rings. The fraction of sp³-hybridized carbons (Fsp3) is 0.333. The van der Waals surface area contributed by atoms with Gasteiger partial charge in [-0.3, -0.25) is 4.79 Å². The third kappa shape index (κ3) is 3.80. The first-order chi connectivity index (χ1) is 11.0. The van der Waals surface area contributed by atoms with Gasteiger partial charge in [-0.15, -0.1) is 0 Å². The Labute approximate surface area is 135 Å². The Bertz CT molecular complexity index is 786. The molecule has 0 fully saturated rings. The molecular formula is C18H22N2O3. The molecule has 1 aromatic heterocycles. The molecule has 122 valence electrons. The highest BCUT2D eigenvalue weighted by molar-refractivity contribution is 5.92. The Morgan fingerprint density at radius 2 is 1.87 bits per heavy atom. The summed E-state index contributed by atoms with van der Waals surface area (Å²) in [6.45, 7) is 5.94. The van der Waals surface area contributed by atoms with E-state index < -0.39 is 5.63 Å². The largest absolute Gasteiger partial charge is 0.422 e. The number of benzene rings is 1. The first-order valence-corrected chi connectivity index (χ1v) is 7.68. The highest BCUT2D eigenvalue weighted by Crippen LogP contribution is 2.22. The van der Waals surface area contributed by atoms with Gasteiger partial charge in [0.05, 0.1) is 5.56 Å². The number of amides is 1. The summed E-state index contributed by atoms with van der Waals surface area (Å²) >= 11 is 0. The van der Waals surface area contributed by atoms with Crippen molar-refractivity contribution in [1.29, 1.82) is 0 Å². The monoisotopic (exact) mass is 314 g/mol. The second kappa shape index (κ2) is 7.13. The van der Waals surface area contributed by atoms with Crippen molar-refractivity contribution >= 4 is 28.6 Å². The number of fused-ring (bicyclic) bond motifs is 1. The quantitative estimate of drug-likeness (QED) is 0.629. The van der Waals surface area contributed by atoms with Gasteiger partial charge in [-0.2, -0.15) is 0 Å². The summed E-state index contributed by atoms with van der Waals surface area (Å²) in [6, 6.07) is 7.56. The molecule has 0 N–H and O–H groups in total. The smallest absolute Gasteiger partial charge is 0.343 e. The standard InChI is InChI=1S/C18H22N2O3/c1-5-20(6-2)15-9-7-13-11-14(8-10-17(21)19(3)4)18(22)23-16(13)12-15/h7-12H,5-6H2,1-4H3/b10-8+. The second-order valence-corrected chi connectivity index (χ2v) is 5.45. The lowest BCUT2D eigenvalue weighted by Crippen LogP contribution is -2.21. The molecule has 1 amide bonds. The van der Waals surface area contributed by atoms with E-state index in [-0.39, 0.29) is 5.91 Å². The van der Waals surface area contributed by atoms with E-state index in [0.717, 1.165) is 24.2 Å². The molecule has 0 unspecified atom stereocenters. The summed E-state index contributed by atoms with van der Waals surface area (Å²) in [5, 5.41) is 0.831. The molecule has 0 atom stereocenters. The number of hydrogen-bond donors (Lipinski definition) is 0. The first-order valence-electron chi connectivity index (χ1n) is 7.68. The number of likely N-dealkylation sites (N-methyl/N-ethyl adjacent to an activating group) is 1. The minimum absolute atomic E-state index is 0.179. The number of carbonyl (C=O) groups is 1. The van der Waals surface area contributed by atoms with Crippen molar-refractivity contribution in [2.24, 2.45) is 0 Å². The predicted molar refractivity (Wildman–Crippen MR) is 93.8 cm³/mol. The van der Waals surface area contributed by atoms with Gasteiger partial charge >= 0.3 is 5.63 Å². The van der Waals surface area contributed by atoms with Crippen molar-refractivity contribution in [3.63, 3.8) is 0 Å². The van der Waals surface area contributed by atoms with E-state index in [0.29, 0.717) is 11.1 Å². The third-order valence-electron chi connectivity index (χ3n) is 3.72. The molecule has 0 radical (unpaired) electrons. The molecule has 0 aliphatic heterocycles. The van der Waals surface area contributed by atoms with Crippen LogP contribution in [0.1, 0.15) is 19.4 Å². The van der Waals surface area contributed by atoms with Gasteiger partial charge in [-0.1, -0.05) is 0 Å². The number of anilines is 1. The molecule has 0 saturated heterocycles. The average Bonchev–Trinajstić information content (AvgIpc) is 2.53. The highest BCUT2D eigenvalue weighted by Gasteiger charge is 2.07. The number of carbonyl (C=O) groups excluding carboxylic acids is 1. The lowest BCUT2D eigenvalue weighted by atomic mass is 10.1. The Hall–Kier alpha value is -2.56. The van der Waals surface area contributed by atoms with Crippen LogP contribution in [-0.4, -0.2) is 38.0 Å². The third-order valence-corrected chi connectivity index (χ3v) is 3.72. The van der Waals surface area contributed by atoms with E-state index in [9.17, 15) is 9.59 Å². The second-order valence-electron chi connectivity index (χ2n) is 5.45. The molecule has 23 heavy (non-hydrogen) atoms. The van der Waals surface area contributed by atoms with Crippen molar-refractivity contribution in [2.45, 2.75) is 13.8 Å². The molecule has 0 aliphatic carbocycles. The summed E-state index contributed by atoms with van der Waals surface area (Å²) in [5.74, 6) is -0.179.